The molecule has 1 atom stereocenters. The lowest BCUT2D eigenvalue weighted by Crippen LogP contribution is -2.14. The third kappa shape index (κ3) is 6.81. The van der Waals surface area contributed by atoms with Crippen molar-refractivity contribution in [1.82, 2.24) is 4.57 Å². The first-order chi connectivity index (χ1) is 35.2. The van der Waals surface area contributed by atoms with Gasteiger partial charge in [0.05, 0.1) is 22.4 Å². The van der Waals surface area contributed by atoms with Crippen LogP contribution in [0.25, 0.3) is 98.8 Å². The van der Waals surface area contributed by atoms with E-state index in [1.807, 2.05) is 6.07 Å². The van der Waals surface area contributed by atoms with Gasteiger partial charge in [-0.3, -0.25) is 0 Å². The van der Waals surface area contributed by atoms with Crippen LogP contribution in [-0.4, -0.2) is 4.57 Å². The molecule has 71 heavy (non-hydrogen) atoms. The number of aromatic nitrogens is 1. The molecule has 0 saturated heterocycles. The highest BCUT2D eigenvalue weighted by Crippen LogP contribution is 2.49. The first-order valence-corrected chi connectivity index (χ1v) is 24.6. The van der Waals surface area contributed by atoms with E-state index in [9.17, 15) is 0 Å². The minimum absolute atomic E-state index is 0.100. The normalized spacial score (nSPS) is 13.9. The molecule has 0 spiro atoms. The number of anilines is 3. The first kappa shape index (κ1) is 40.8. The van der Waals surface area contributed by atoms with Gasteiger partial charge >= 0.3 is 0 Å². The van der Waals surface area contributed by atoms with Crippen molar-refractivity contribution in [3.05, 3.63) is 272 Å². The molecule has 3 heteroatoms. The summed E-state index contributed by atoms with van der Waals surface area (Å²) in [6.45, 7) is 0. The molecule has 2 aromatic heterocycles. The fraction of sp³-hybridized carbons (Fsp3) is 0.0294. The Hall–Kier alpha value is -9.18. The minimum Gasteiger partial charge on any atom is -0.455 e. The second-order valence-corrected chi connectivity index (χ2v) is 18.7. The average molecular weight is 907 g/mol. The number of rotatable bonds is 8. The molecule has 0 fully saturated rings. The maximum absolute atomic E-state index is 6.73. The van der Waals surface area contributed by atoms with Gasteiger partial charge in [-0.2, -0.15) is 0 Å². The Morgan fingerprint density at radius 1 is 0.408 bits per heavy atom. The smallest absolute Gasteiger partial charge is 0.143 e. The van der Waals surface area contributed by atoms with Crippen molar-refractivity contribution < 1.29 is 4.42 Å². The van der Waals surface area contributed by atoms with Crippen LogP contribution >= 0.6 is 0 Å². The molecule has 0 N–H and O–H groups in total. The molecule has 11 aromatic carbocycles. The van der Waals surface area contributed by atoms with Gasteiger partial charge in [0, 0.05) is 55.5 Å². The van der Waals surface area contributed by atoms with E-state index in [1.165, 1.54) is 65.7 Å². The van der Waals surface area contributed by atoms with E-state index < -0.39 is 0 Å². The van der Waals surface area contributed by atoms with Crippen molar-refractivity contribution in [2.24, 2.45) is 0 Å². The predicted octanol–water partition coefficient (Wildman–Crippen LogP) is 18.9. The van der Waals surface area contributed by atoms with Crippen LogP contribution in [0.5, 0.6) is 0 Å². The number of allylic oxidation sites excluding steroid dienone is 4. The fourth-order valence-electron chi connectivity index (χ4n) is 11.5. The topological polar surface area (TPSA) is 21.3 Å². The van der Waals surface area contributed by atoms with E-state index in [-0.39, 0.29) is 5.92 Å². The van der Waals surface area contributed by atoms with E-state index >= 15 is 0 Å². The van der Waals surface area contributed by atoms with Crippen molar-refractivity contribution in [1.29, 1.82) is 0 Å². The van der Waals surface area contributed by atoms with Gasteiger partial charge in [0.2, 0.25) is 0 Å². The van der Waals surface area contributed by atoms with E-state index in [4.69, 9.17) is 4.42 Å². The van der Waals surface area contributed by atoms with Crippen molar-refractivity contribution >= 4 is 93.6 Å². The molecule has 2 heterocycles. The average Bonchev–Trinajstić information content (AvgIpc) is 4.00. The highest BCUT2D eigenvalue weighted by molar-refractivity contribution is 6.13. The van der Waals surface area contributed by atoms with E-state index in [0.717, 1.165) is 67.7 Å². The summed E-state index contributed by atoms with van der Waals surface area (Å²) in [4.78, 5) is 2.46. The second kappa shape index (κ2) is 16.8. The monoisotopic (exact) mass is 906 g/mol. The summed E-state index contributed by atoms with van der Waals surface area (Å²) >= 11 is 0. The Bertz CT molecular complexity index is 4210. The summed E-state index contributed by atoms with van der Waals surface area (Å²) in [5.41, 5.74) is 16.9. The quantitative estimate of drug-likeness (QED) is 0.142. The van der Waals surface area contributed by atoms with Crippen molar-refractivity contribution in [2.75, 3.05) is 4.90 Å². The summed E-state index contributed by atoms with van der Waals surface area (Å²) in [5, 5.41) is 9.73. The van der Waals surface area contributed by atoms with Gasteiger partial charge in [0.15, 0.2) is 0 Å². The zero-order valence-corrected chi connectivity index (χ0v) is 38.9. The summed E-state index contributed by atoms with van der Waals surface area (Å²) in [5.74, 6) is 0.100. The largest absolute Gasteiger partial charge is 0.455 e. The highest BCUT2D eigenvalue weighted by Gasteiger charge is 2.27. The fourth-order valence-corrected chi connectivity index (χ4v) is 11.5. The lowest BCUT2D eigenvalue weighted by atomic mass is 9.85. The summed E-state index contributed by atoms with van der Waals surface area (Å²) in [7, 11) is 0. The van der Waals surface area contributed by atoms with Crippen LogP contribution < -0.4 is 4.90 Å². The van der Waals surface area contributed by atoms with Crippen molar-refractivity contribution in [3.8, 4) is 22.3 Å². The lowest BCUT2D eigenvalue weighted by Gasteiger charge is -2.31. The zero-order valence-electron chi connectivity index (χ0n) is 38.9. The third-order valence-corrected chi connectivity index (χ3v) is 14.8. The lowest BCUT2D eigenvalue weighted by molar-refractivity contribution is 0.670. The van der Waals surface area contributed by atoms with E-state index in [0.29, 0.717) is 0 Å². The molecule has 334 valence electrons. The third-order valence-electron chi connectivity index (χ3n) is 14.8. The molecule has 0 bridgehead atoms. The molecule has 0 saturated carbocycles. The van der Waals surface area contributed by atoms with Crippen molar-refractivity contribution in [3.63, 3.8) is 0 Å². The van der Waals surface area contributed by atoms with Crippen LogP contribution in [0, 0.1) is 0 Å². The van der Waals surface area contributed by atoms with Crippen LogP contribution in [-0.2, 0) is 0 Å². The molecule has 3 nitrogen and oxygen atoms in total. The van der Waals surface area contributed by atoms with Gasteiger partial charge in [0.25, 0.3) is 0 Å². The van der Waals surface area contributed by atoms with Gasteiger partial charge in [-0.25, -0.2) is 0 Å². The zero-order chi connectivity index (χ0) is 46.8. The standard InChI is InChI=1S/C68H46N2O/c1-2-17-45(18-3-1)48-37-42-55(66(44-48)70-64-30-13-7-22-56(64)57-23-8-14-31-65(57)70)47-35-39-51(40-36-47)69(63-29-12-9-24-58(63)60-26-16-27-61-59-25-10-15-32-67(59)71-68(60)61)62-28-11-6-21-54(62)50-38-41-53-49(43-50)34-33-46-19-4-5-20-52(46)53/h1-41,43-44,55H,42H2. The Morgan fingerprint density at radius 2 is 1.00 bits per heavy atom. The van der Waals surface area contributed by atoms with E-state index in [2.05, 4.69) is 264 Å². The van der Waals surface area contributed by atoms with Crippen LogP contribution in [0.3, 0.4) is 0 Å². The summed E-state index contributed by atoms with van der Waals surface area (Å²) in [6.07, 6.45) is 5.72. The SMILES string of the molecule is C1=C(c2ccccc2)C=C(n2c3ccccc3c3ccccc32)C(c2ccc(N(c3ccccc3-c3ccc4c(ccc5ccccc54)c3)c3ccccc3-c3cccc4c3oc3ccccc34)cc2)C1. The molecular weight excluding hydrogens is 861 g/mol. The second-order valence-electron chi connectivity index (χ2n) is 18.7. The van der Waals surface area contributed by atoms with Crippen LogP contribution in [0.4, 0.5) is 17.1 Å². The summed E-state index contributed by atoms with van der Waals surface area (Å²) in [6, 6.07) is 90.5. The van der Waals surface area contributed by atoms with Crippen LogP contribution in [0.2, 0.25) is 0 Å². The maximum Gasteiger partial charge on any atom is 0.143 e. The number of benzene rings is 11. The van der Waals surface area contributed by atoms with Gasteiger partial charge in [0.1, 0.15) is 11.2 Å². The molecule has 14 rings (SSSR count). The molecule has 1 aliphatic carbocycles. The Morgan fingerprint density at radius 3 is 1.79 bits per heavy atom. The first-order valence-electron chi connectivity index (χ1n) is 24.6. The van der Waals surface area contributed by atoms with E-state index in [1.54, 1.807) is 0 Å². The van der Waals surface area contributed by atoms with Crippen molar-refractivity contribution in [2.45, 2.75) is 12.3 Å². The highest BCUT2D eigenvalue weighted by atomic mass is 16.3. The van der Waals surface area contributed by atoms with Gasteiger partial charge in [-0.1, -0.05) is 206 Å². The molecular formula is C68H46N2O. The maximum atomic E-state index is 6.73. The van der Waals surface area contributed by atoms with Gasteiger partial charge < -0.3 is 13.9 Å². The molecule has 1 aliphatic rings. The Labute approximate surface area is 412 Å². The molecule has 0 aliphatic heterocycles. The predicted molar refractivity (Wildman–Crippen MR) is 300 cm³/mol. The Balaban J connectivity index is 0.949. The number of furan rings is 1. The summed E-state index contributed by atoms with van der Waals surface area (Å²) < 4.78 is 9.25. The van der Waals surface area contributed by atoms with Crippen LogP contribution in [0.15, 0.2) is 265 Å². The molecule has 0 radical (unpaired) electrons. The molecule has 1 unspecified atom stereocenters. The molecule has 0 amide bonds. The molecule has 13 aromatic rings. The minimum atomic E-state index is 0.100. The number of nitrogens with zero attached hydrogens (tertiary/aromatic N) is 2. The number of hydrogen-bond donors (Lipinski definition) is 0. The number of para-hydroxylation sites is 6. The number of hydrogen-bond acceptors (Lipinski definition) is 2. The van der Waals surface area contributed by atoms with Gasteiger partial charge in [-0.05, 0) is 105 Å². The Kier molecular flexibility index (Phi) is 9.67. The number of fused-ring (bicyclic) bond motifs is 9. The van der Waals surface area contributed by atoms with Gasteiger partial charge in [-0.15, -0.1) is 0 Å². The van der Waals surface area contributed by atoms with Crippen LogP contribution in [0.1, 0.15) is 23.5 Å².